The number of nitro benzene ring substituents is 1. The van der Waals surface area contributed by atoms with Crippen molar-refractivity contribution in [3.8, 4) is 0 Å². The third-order valence-corrected chi connectivity index (χ3v) is 4.82. The van der Waals surface area contributed by atoms with Crippen LogP contribution in [-0.2, 0) is 6.42 Å². The Labute approximate surface area is 156 Å². The van der Waals surface area contributed by atoms with Crippen LogP contribution < -0.4 is 5.32 Å². The maximum Gasteiger partial charge on any atom is 0.279 e. The maximum absolute atomic E-state index is 14.1. The third kappa shape index (κ3) is 4.31. The highest BCUT2D eigenvalue weighted by Crippen LogP contribution is 2.27. The van der Waals surface area contributed by atoms with Crippen molar-refractivity contribution in [2.45, 2.75) is 18.9 Å². The van der Waals surface area contributed by atoms with Crippen LogP contribution >= 0.6 is 0 Å². The molecule has 1 N–H and O–H groups in total. The lowest BCUT2D eigenvalue weighted by atomic mass is 9.90. The van der Waals surface area contributed by atoms with Gasteiger partial charge in [-0.1, -0.05) is 18.2 Å². The van der Waals surface area contributed by atoms with Gasteiger partial charge < -0.3 is 10.2 Å². The first-order chi connectivity index (χ1) is 12.8. The molecule has 1 saturated heterocycles. The number of piperazine rings is 1. The first-order valence-electron chi connectivity index (χ1n) is 8.61. The zero-order valence-electron chi connectivity index (χ0n) is 15.2. The Morgan fingerprint density at radius 2 is 1.96 bits per heavy atom. The smallest absolute Gasteiger partial charge is 0.279 e. The van der Waals surface area contributed by atoms with E-state index in [0.29, 0.717) is 19.5 Å². The second-order valence-corrected chi connectivity index (χ2v) is 7.14. The van der Waals surface area contributed by atoms with Crippen LogP contribution in [-0.4, -0.2) is 35.5 Å². The molecule has 0 radical (unpaired) electrons. The van der Waals surface area contributed by atoms with Crippen molar-refractivity contribution in [2.75, 3.05) is 20.1 Å². The van der Waals surface area contributed by atoms with E-state index >= 15 is 0 Å². The predicted molar refractivity (Wildman–Crippen MR) is 100 cm³/mol. The van der Waals surface area contributed by atoms with Gasteiger partial charge in [-0.2, -0.15) is 0 Å². The van der Waals surface area contributed by atoms with Gasteiger partial charge in [0, 0.05) is 37.4 Å². The van der Waals surface area contributed by atoms with E-state index in [0.717, 1.165) is 11.3 Å². The van der Waals surface area contributed by atoms with Gasteiger partial charge in [-0.3, -0.25) is 10.1 Å². The first-order valence-corrected chi connectivity index (χ1v) is 8.61. The summed E-state index contributed by atoms with van der Waals surface area (Å²) in [4.78, 5) is 12.6. The second kappa shape index (κ2) is 7.44. The molecular weight excluding hydrogens is 352 g/mol. The van der Waals surface area contributed by atoms with Crippen LogP contribution in [0.4, 0.5) is 14.5 Å². The molecule has 142 valence electrons. The summed E-state index contributed by atoms with van der Waals surface area (Å²) >= 11 is 0. The van der Waals surface area contributed by atoms with Crippen LogP contribution in [0.2, 0.25) is 0 Å². The van der Waals surface area contributed by atoms with Crippen molar-refractivity contribution in [1.29, 1.82) is 0 Å². The molecule has 0 aromatic heterocycles. The summed E-state index contributed by atoms with van der Waals surface area (Å²) in [5, 5.41) is 14.6. The van der Waals surface area contributed by atoms with Gasteiger partial charge in [-0.25, -0.2) is 8.78 Å². The zero-order valence-corrected chi connectivity index (χ0v) is 15.2. The molecule has 0 bridgehead atoms. The van der Waals surface area contributed by atoms with Crippen LogP contribution in [0.3, 0.4) is 0 Å². The van der Waals surface area contributed by atoms with E-state index in [9.17, 15) is 18.9 Å². The topological polar surface area (TPSA) is 58.4 Å². The Hall–Kier alpha value is -2.80. The number of nitro groups is 1. The third-order valence-electron chi connectivity index (χ3n) is 4.82. The van der Waals surface area contributed by atoms with Gasteiger partial charge in [0.1, 0.15) is 11.6 Å². The molecule has 27 heavy (non-hydrogen) atoms. The summed E-state index contributed by atoms with van der Waals surface area (Å²) in [6.07, 6.45) is 2.22. The normalized spacial score (nSPS) is 21.5. The number of rotatable bonds is 4. The molecule has 0 amide bonds. The van der Waals surface area contributed by atoms with Crippen LogP contribution in [0.5, 0.6) is 0 Å². The summed E-state index contributed by atoms with van der Waals surface area (Å²) in [6, 6.07) is 10.2. The molecule has 0 aliphatic carbocycles. The fourth-order valence-electron chi connectivity index (χ4n) is 3.45. The van der Waals surface area contributed by atoms with Crippen LogP contribution in [0.25, 0.3) is 6.08 Å². The minimum Gasteiger partial charge on any atom is -0.375 e. The monoisotopic (exact) mass is 373 g/mol. The van der Waals surface area contributed by atoms with E-state index in [2.05, 4.69) is 12.2 Å². The Kier molecular flexibility index (Phi) is 5.23. The summed E-state index contributed by atoms with van der Waals surface area (Å²) in [7, 11) is 1.88. The molecule has 0 saturated carbocycles. The Morgan fingerprint density at radius 1 is 1.26 bits per heavy atom. The molecule has 2 aromatic carbocycles. The lowest BCUT2D eigenvalue weighted by Crippen LogP contribution is -2.57. The van der Waals surface area contributed by atoms with Gasteiger partial charge in [0.05, 0.1) is 10.5 Å². The van der Waals surface area contributed by atoms with Crippen molar-refractivity contribution in [1.82, 2.24) is 10.2 Å². The van der Waals surface area contributed by atoms with E-state index in [1.165, 1.54) is 36.4 Å². The van der Waals surface area contributed by atoms with E-state index in [1.807, 2.05) is 11.9 Å². The van der Waals surface area contributed by atoms with Crippen molar-refractivity contribution in [3.63, 3.8) is 0 Å². The van der Waals surface area contributed by atoms with Gasteiger partial charge in [-0.05, 0) is 43.2 Å². The van der Waals surface area contributed by atoms with E-state index < -0.39 is 10.7 Å². The van der Waals surface area contributed by atoms with Gasteiger partial charge in [0.2, 0.25) is 0 Å². The lowest BCUT2D eigenvalue weighted by molar-refractivity contribution is -0.385. The van der Waals surface area contributed by atoms with E-state index in [1.54, 1.807) is 12.1 Å². The van der Waals surface area contributed by atoms with E-state index in [-0.39, 0.29) is 22.6 Å². The highest BCUT2D eigenvalue weighted by atomic mass is 19.1. The molecule has 0 spiro atoms. The van der Waals surface area contributed by atoms with E-state index in [4.69, 9.17) is 0 Å². The number of hydrogen-bond acceptors (Lipinski definition) is 4. The highest BCUT2D eigenvalue weighted by molar-refractivity contribution is 5.63. The summed E-state index contributed by atoms with van der Waals surface area (Å²) in [5.74, 6) is -0.890. The minimum atomic E-state index is -0.621. The minimum absolute atomic E-state index is 0.0201. The molecule has 5 nitrogen and oxygen atoms in total. The van der Waals surface area contributed by atoms with Crippen LogP contribution in [0, 0.1) is 21.7 Å². The van der Waals surface area contributed by atoms with Crippen molar-refractivity contribution < 1.29 is 13.7 Å². The zero-order chi connectivity index (χ0) is 19.6. The second-order valence-electron chi connectivity index (χ2n) is 7.14. The molecule has 2 aromatic rings. The van der Waals surface area contributed by atoms with Gasteiger partial charge in [0.15, 0.2) is 0 Å². The lowest BCUT2D eigenvalue weighted by Gasteiger charge is -2.42. The van der Waals surface area contributed by atoms with Crippen LogP contribution in [0.1, 0.15) is 18.1 Å². The average molecular weight is 373 g/mol. The molecule has 1 fully saturated rings. The maximum atomic E-state index is 14.1. The average Bonchev–Trinajstić information content (AvgIpc) is 2.60. The highest BCUT2D eigenvalue weighted by Gasteiger charge is 2.31. The quantitative estimate of drug-likeness (QED) is 0.655. The Balaban J connectivity index is 1.80. The van der Waals surface area contributed by atoms with Crippen molar-refractivity contribution >= 4 is 11.8 Å². The summed E-state index contributed by atoms with van der Waals surface area (Å²) in [6.45, 7) is 3.13. The summed E-state index contributed by atoms with van der Waals surface area (Å²) in [5.41, 5.74) is 1.24. The van der Waals surface area contributed by atoms with Crippen molar-refractivity contribution in [3.05, 3.63) is 81.0 Å². The fraction of sp³-hybridized carbons (Fsp3) is 0.300. The number of likely N-dealkylation sites (N-methyl/N-ethyl adjacent to an activating group) is 1. The van der Waals surface area contributed by atoms with Gasteiger partial charge >= 0.3 is 0 Å². The number of benzene rings is 2. The number of nitrogens with zero attached hydrogens (tertiary/aromatic N) is 2. The first kappa shape index (κ1) is 19.0. The SMILES string of the molecule is CN1CC(C)(Cc2ccc(F)cc2)NCC1=Cc1c(F)cccc1[N+](=O)[O-]. The Bertz CT molecular complexity index is 883. The van der Waals surface area contributed by atoms with Crippen molar-refractivity contribution in [2.24, 2.45) is 0 Å². The molecule has 1 aliphatic rings. The van der Waals surface area contributed by atoms with Gasteiger partial charge in [0.25, 0.3) is 5.69 Å². The standard InChI is InChI=1S/C20H21F2N3O2/c1-20(11-14-6-8-15(21)9-7-14)13-24(2)16(12-23-20)10-17-18(22)4-3-5-19(17)25(26)27/h3-10,23H,11-13H2,1-2H3. The predicted octanol–water partition coefficient (Wildman–Crippen LogP) is 3.75. The summed E-state index contributed by atoms with van der Waals surface area (Å²) < 4.78 is 27.2. The molecule has 1 aliphatic heterocycles. The molecule has 7 heteroatoms. The van der Waals surface area contributed by atoms with Crippen LogP contribution in [0.15, 0.2) is 48.2 Å². The molecule has 1 atom stereocenters. The molecule has 1 heterocycles. The Morgan fingerprint density at radius 3 is 2.59 bits per heavy atom. The molecule has 3 rings (SSSR count). The number of nitrogens with one attached hydrogen (secondary N) is 1. The fourth-order valence-corrected chi connectivity index (χ4v) is 3.45. The molecular formula is C20H21F2N3O2. The number of halogens is 2. The number of hydrogen-bond donors (Lipinski definition) is 1. The molecule has 1 unspecified atom stereocenters. The van der Waals surface area contributed by atoms with Gasteiger partial charge in [-0.15, -0.1) is 0 Å². The largest absolute Gasteiger partial charge is 0.375 e.